The largest absolute Gasteiger partial charge is 0.480 e. The summed E-state index contributed by atoms with van der Waals surface area (Å²) in [5.41, 5.74) is -0.212. The molecule has 0 saturated heterocycles. The van der Waals surface area contributed by atoms with Crippen molar-refractivity contribution in [1.82, 2.24) is 5.32 Å². The number of alkyl carbamates (subject to hydrolysis) is 1. The first kappa shape index (κ1) is 16.0. The minimum Gasteiger partial charge on any atom is -0.480 e. The molecule has 20 heavy (non-hydrogen) atoms. The Morgan fingerprint density at radius 2 is 2.20 bits per heavy atom. The van der Waals surface area contributed by atoms with E-state index in [9.17, 15) is 9.59 Å². The van der Waals surface area contributed by atoms with Crippen LogP contribution in [0.4, 0.5) is 4.79 Å². The number of carbonyl (C=O) groups excluding carboxylic acids is 1. The molecule has 1 amide bonds. The molecule has 1 aromatic rings. The van der Waals surface area contributed by atoms with Crippen molar-refractivity contribution in [3.05, 3.63) is 21.9 Å². The Morgan fingerprint density at radius 1 is 1.55 bits per heavy atom. The lowest BCUT2D eigenvalue weighted by atomic mass is 10.1. The van der Waals surface area contributed by atoms with Gasteiger partial charge in [-0.15, -0.1) is 11.3 Å². The highest BCUT2D eigenvalue weighted by Gasteiger charge is 2.24. The number of carbonyl (C=O) groups is 2. The van der Waals surface area contributed by atoms with Crippen LogP contribution < -0.4 is 5.32 Å². The number of carboxylic acids is 1. The van der Waals surface area contributed by atoms with E-state index in [4.69, 9.17) is 15.1 Å². The fourth-order valence-electron chi connectivity index (χ4n) is 1.40. The third-order valence-corrected chi connectivity index (χ3v) is 3.14. The number of hydrogen-bond donors (Lipinski definition) is 2. The van der Waals surface area contributed by atoms with Crippen molar-refractivity contribution in [2.75, 3.05) is 0 Å². The van der Waals surface area contributed by atoms with Gasteiger partial charge >= 0.3 is 12.1 Å². The topological polar surface area (TPSA) is 99.4 Å². The molecule has 1 heterocycles. The van der Waals surface area contributed by atoms with E-state index in [0.29, 0.717) is 10.4 Å². The lowest BCUT2D eigenvalue weighted by Crippen LogP contribution is -2.44. The fraction of sp³-hybridized carbons (Fsp3) is 0.462. The van der Waals surface area contributed by atoms with Crippen molar-refractivity contribution in [2.24, 2.45) is 0 Å². The monoisotopic (exact) mass is 296 g/mol. The maximum atomic E-state index is 11.6. The average molecular weight is 296 g/mol. The van der Waals surface area contributed by atoms with Crippen LogP contribution in [0.1, 0.15) is 31.2 Å². The zero-order chi connectivity index (χ0) is 15.3. The van der Waals surface area contributed by atoms with Crippen molar-refractivity contribution in [2.45, 2.75) is 38.8 Å². The summed E-state index contributed by atoms with van der Waals surface area (Å²) in [4.78, 5) is 23.4. The summed E-state index contributed by atoms with van der Waals surface area (Å²) in [6.45, 7) is 5.09. The van der Waals surface area contributed by atoms with E-state index in [1.54, 1.807) is 32.2 Å². The van der Waals surface area contributed by atoms with E-state index >= 15 is 0 Å². The van der Waals surface area contributed by atoms with E-state index in [-0.39, 0.29) is 6.42 Å². The van der Waals surface area contributed by atoms with E-state index in [0.717, 1.165) is 0 Å². The summed E-state index contributed by atoms with van der Waals surface area (Å²) < 4.78 is 5.02. The first-order chi connectivity index (χ1) is 9.21. The Morgan fingerprint density at radius 3 is 2.65 bits per heavy atom. The van der Waals surface area contributed by atoms with Crippen LogP contribution in [0.5, 0.6) is 0 Å². The van der Waals surface area contributed by atoms with Gasteiger partial charge in [-0.1, -0.05) is 0 Å². The molecule has 0 spiro atoms. The molecule has 108 valence electrons. The van der Waals surface area contributed by atoms with Gasteiger partial charge < -0.3 is 15.2 Å². The number of nitrogens with one attached hydrogen (secondary N) is 1. The summed E-state index contributed by atoms with van der Waals surface area (Å²) in [6, 6.07) is 2.49. The smallest absolute Gasteiger partial charge is 0.408 e. The van der Waals surface area contributed by atoms with Gasteiger partial charge in [0.05, 0.1) is 5.56 Å². The summed E-state index contributed by atoms with van der Waals surface area (Å²) in [7, 11) is 0. The second-order valence-corrected chi connectivity index (χ2v) is 6.15. The molecule has 0 radical (unpaired) electrons. The van der Waals surface area contributed by atoms with Gasteiger partial charge in [0.25, 0.3) is 0 Å². The van der Waals surface area contributed by atoms with Crippen molar-refractivity contribution < 1.29 is 19.4 Å². The predicted molar refractivity (Wildman–Crippen MR) is 73.5 cm³/mol. The van der Waals surface area contributed by atoms with Gasteiger partial charge in [0, 0.05) is 16.7 Å². The first-order valence-electron chi connectivity index (χ1n) is 5.91. The summed E-state index contributed by atoms with van der Waals surface area (Å²) in [5, 5.41) is 21.8. The number of amides is 1. The molecule has 0 aromatic carbocycles. The highest BCUT2D eigenvalue weighted by Crippen LogP contribution is 2.16. The van der Waals surface area contributed by atoms with Gasteiger partial charge in [0.1, 0.15) is 17.7 Å². The maximum absolute atomic E-state index is 11.6. The van der Waals surface area contributed by atoms with Gasteiger partial charge in [-0.05, 0) is 26.8 Å². The number of hydrogen-bond acceptors (Lipinski definition) is 5. The van der Waals surface area contributed by atoms with Crippen LogP contribution in [-0.2, 0) is 16.0 Å². The van der Waals surface area contributed by atoms with E-state index in [1.165, 1.54) is 11.3 Å². The molecule has 0 aliphatic heterocycles. The van der Waals surface area contributed by atoms with E-state index in [1.807, 2.05) is 6.07 Å². The van der Waals surface area contributed by atoms with Crippen molar-refractivity contribution >= 4 is 23.4 Å². The number of rotatable bonds is 4. The molecule has 1 atom stereocenters. The zero-order valence-electron chi connectivity index (χ0n) is 11.5. The number of nitrogens with zero attached hydrogens (tertiary/aromatic N) is 1. The van der Waals surface area contributed by atoms with Gasteiger partial charge in [-0.2, -0.15) is 5.26 Å². The highest BCUT2D eigenvalue weighted by molar-refractivity contribution is 7.10. The normalized spacial score (nSPS) is 12.3. The molecule has 0 fully saturated rings. The third-order valence-electron chi connectivity index (χ3n) is 2.18. The van der Waals surface area contributed by atoms with E-state index in [2.05, 4.69) is 5.32 Å². The van der Waals surface area contributed by atoms with E-state index < -0.39 is 23.7 Å². The number of thiophene rings is 1. The lowest BCUT2D eigenvalue weighted by molar-refractivity contribution is -0.139. The van der Waals surface area contributed by atoms with Crippen LogP contribution >= 0.6 is 11.3 Å². The molecular formula is C13H16N2O4S. The molecule has 7 heteroatoms. The molecule has 1 unspecified atom stereocenters. The second-order valence-electron chi connectivity index (χ2n) is 5.15. The minimum absolute atomic E-state index is 0.112. The molecule has 0 aliphatic carbocycles. The SMILES string of the molecule is CC(C)(C)OC(=O)NC(Cc1cc(C#N)cs1)C(=O)O. The standard InChI is InChI=1S/C13H16N2O4S/c1-13(2,3)19-12(18)15-10(11(16)17)5-9-4-8(6-14)7-20-9/h4,7,10H,5H2,1-3H3,(H,15,18)(H,16,17). The Labute approximate surface area is 121 Å². The summed E-state index contributed by atoms with van der Waals surface area (Å²) in [6.07, 6.45) is -0.664. The molecule has 6 nitrogen and oxygen atoms in total. The predicted octanol–water partition coefficient (Wildman–Crippen LogP) is 2.14. The number of carboxylic acid groups (broad SMARTS) is 1. The van der Waals surface area contributed by atoms with Crippen LogP contribution in [0.15, 0.2) is 11.4 Å². The number of nitriles is 1. The Bertz CT molecular complexity index is 539. The molecule has 0 saturated carbocycles. The van der Waals surface area contributed by atoms with Crippen molar-refractivity contribution in [1.29, 1.82) is 5.26 Å². The first-order valence-corrected chi connectivity index (χ1v) is 6.79. The summed E-state index contributed by atoms with van der Waals surface area (Å²) in [5.74, 6) is -1.15. The molecule has 1 aromatic heterocycles. The lowest BCUT2D eigenvalue weighted by Gasteiger charge is -2.21. The van der Waals surface area contributed by atoms with Crippen LogP contribution in [-0.4, -0.2) is 28.8 Å². The Hall–Kier alpha value is -2.07. The third kappa shape index (κ3) is 5.28. The van der Waals surface area contributed by atoms with Crippen molar-refractivity contribution in [3.8, 4) is 6.07 Å². The average Bonchev–Trinajstić information content (AvgIpc) is 2.73. The van der Waals surface area contributed by atoms with Crippen molar-refractivity contribution in [3.63, 3.8) is 0 Å². The molecular weight excluding hydrogens is 280 g/mol. The van der Waals surface area contributed by atoms with Crippen LogP contribution in [0.2, 0.25) is 0 Å². The maximum Gasteiger partial charge on any atom is 0.408 e. The summed E-state index contributed by atoms with van der Waals surface area (Å²) >= 11 is 1.28. The molecule has 2 N–H and O–H groups in total. The van der Waals surface area contributed by atoms with Gasteiger partial charge in [-0.3, -0.25) is 0 Å². The van der Waals surface area contributed by atoms with Crippen LogP contribution in [0.25, 0.3) is 0 Å². The number of aliphatic carboxylic acids is 1. The van der Waals surface area contributed by atoms with Crippen LogP contribution in [0, 0.1) is 11.3 Å². The minimum atomic E-state index is -1.15. The Kier molecular flexibility index (Phi) is 5.11. The van der Waals surface area contributed by atoms with Crippen LogP contribution in [0.3, 0.4) is 0 Å². The second kappa shape index (κ2) is 6.39. The molecule has 1 rings (SSSR count). The molecule has 0 bridgehead atoms. The van der Waals surface area contributed by atoms with Gasteiger partial charge in [-0.25, -0.2) is 9.59 Å². The molecule has 0 aliphatic rings. The van der Waals surface area contributed by atoms with Gasteiger partial charge in [0.2, 0.25) is 0 Å². The number of ether oxygens (including phenoxy) is 1. The fourth-order valence-corrected chi connectivity index (χ4v) is 2.25. The zero-order valence-corrected chi connectivity index (χ0v) is 12.3. The quantitative estimate of drug-likeness (QED) is 0.886. The van der Waals surface area contributed by atoms with Gasteiger partial charge in [0.15, 0.2) is 0 Å². The Balaban J connectivity index is 2.68. The highest BCUT2D eigenvalue weighted by atomic mass is 32.1.